The molecule has 1 heterocycles. The molecule has 1 N–H and O–H groups in total. The Morgan fingerprint density at radius 3 is 2.61 bits per heavy atom. The van der Waals surface area contributed by atoms with Crippen molar-refractivity contribution in [3.63, 3.8) is 0 Å². The lowest BCUT2D eigenvalue weighted by Crippen LogP contribution is -2.50. The first kappa shape index (κ1) is 14.3. The van der Waals surface area contributed by atoms with Crippen molar-refractivity contribution in [2.45, 2.75) is 65.0 Å². The molecule has 0 bridgehead atoms. The Balaban J connectivity index is 1.84. The molecule has 2 nitrogen and oxygen atoms in total. The first-order valence-electron chi connectivity index (χ1n) is 8.02. The second kappa shape index (κ2) is 6.38. The van der Waals surface area contributed by atoms with Crippen molar-refractivity contribution in [1.82, 2.24) is 10.2 Å². The van der Waals surface area contributed by atoms with E-state index in [0.29, 0.717) is 6.04 Å². The van der Waals surface area contributed by atoms with Gasteiger partial charge in [0.25, 0.3) is 0 Å². The van der Waals surface area contributed by atoms with Crippen LogP contribution in [0.2, 0.25) is 0 Å². The fourth-order valence-electron chi connectivity index (χ4n) is 3.91. The molecule has 0 aromatic rings. The first-order valence-corrected chi connectivity index (χ1v) is 8.02. The summed E-state index contributed by atoms with van der Waals surface area (Å²) in [5, 5.41) is 3.96. The van der Waals surface area contributed by atoms with E-state index in [-0.39, 0.29) is 0 Å². The normalized spacial score (nSPS) is 40.7. The predicted molar refractivity (Wildman–Crippen MR) is 78.8 cm³/mol. The highest BCUT2D eigenvalue weighted by Gasteiger charge is 2.30. The van der Waals surface area contributed by atoms with Crippen LogP contribution in [0.1, 0.15) is 52.9 Å². The number of hydrogen-bond donors (Lipinski definition) is 1. The summed E-state index contributed by atoms with van der Waals surface area (Å²) in [6.45, 7) is 9.86. The Labute approximate surface area is 114 Å². The van der Waals surface area contributed by atoms with E-state index < -0.39 is 0 Å². The van der Waals surface area contributed by atoms with Crippen LogP contribution in [0.25, 0.3) is 0 Å². The van der Waals surface area contributed by atoms with Gasteiger partial charge >= 0.3 is 0 Å². The summed E-state index contributed by atoms with van der Waals surface area (Å²) in [6.07, 6.45) is 7.03. The van der Waals surface area contributed by atoms with Gasteiger partial charge in [0.1, 0.15) is 0 Å². The van der Waals surface area contributed by atoms with Crippen molar-refractivity contribution >= 4 is 0 Å². The van der Waals surface area contributed by atoms with Gasteiger partial charge in [0, 0.05) is 18.6 Å². The fourth-order valence-corrected chi connectivity index (χ4v) is 3.91. The zero-order chi connectivity index (χ0) is 13.1. The average molecular weight is 252 g/mol. The van der Waals surface area contributed by atoms with Gasteiger partial charge < -0.3 is 10.2 Å². The Morgan fingerprint density at radius 2 is 1.89 bits per heavy atom. The summed E-state index contributed by atoms with van der Waals surface area (Å²) in [6, 6.07) is 1.45. The number of rotatable bonds is 3. The van der Waals surface area contributed by atoms with E-state index in [1.165, 1.54) is 45.2 Å². The van der Waals surface area contributed by atoms with Gasteiger partial charge in [0.05, 0.1) is 0 Å². The van der Waals surface area contributed by atoms with E-state index in [1.54, 1.807) is 0 Å². The summed E-state index contributed by atoms with van der Waals surface area (Å²) in [5.74, 6) is 2.60. The van der Waals surface area contributed by atoms with Crippen LogP contribution in [0.15, 0.2) is 0 Å². The number of nitrogens with zero attached hydrogens (tertiary/aromatic N) is 1. The minimum atomic E-state index is 0.686. The molecule has 0 spiro atoms. The smallest absolute Gasteiger partial charge is 0.00978 e. The van der Waals surface area contributed by atoms with Gasteiger partial charge in [-0.25, -0.2) is 0 Å². The lowest BCUT2D eigenvalue weighted by molar-refractivity contribution is 0.142. The molecule has 1 saturated carbocycles. The van der Waals surface area contributed by atoms with Crippen molar-refractivity contribution in [3.8, 4) is 0 Å². The second-order valence-electron chi connectivity index (χ2n) is 6.99. The second-order valence-corrected chi connectivity index (χ2v) is 6.99. The SMILES string of the molecule is CC1CCCC(NC(C)C2CCCN(C)C2)C1C. The van der Waals surface area contributed by atoms with Crippen molar-refractivity contribution in [3.05, 3.63) is 0 Å². The van der Waals surface area contributed by atoms with Gasteiger partial charge in [-0.05, 0) is 57.5 Å². The first-order chi connectivity index (χ1) is 8.58. The third-order valence-electron chi connectivity index (χ3n) is 5.55. The van der Waals surface area contributed by atoms with Crippen LogP contribution in [-0.4, -0.2) is 37.1 Å². The third kappa shape index (κ3) is 3.48. The van der Waals surface area contributed by atoms with Gasteiger partial charge in [-0.3, -0.25) is 0 Å². The zero-order valence-corrected chi connectivity index (χ0v) is 12.8. The lowest BCUT2D eigenvalue weighted by atomic mass is 9.77. The molecule has 106 valence electrons. The molecule has 5 unspecified atom stereocenters. The monoisotopic (exact) mass is 252 g/mol. The van der Waals surface area contributed by atoms with Crippen molar-refractivity contribution in [1.29, 1.82) is 0 Å². The Kier molecular flexibility index (Phi) is 5.08. The van der Waals surface area contributed by atoms with Crippen LogP contribution >= 0.6 is 0 Å². The van der Waals surface area contributed by atoms with Crippen LogP contribution in [-0.2, 0) is 0 Å². The zero-order valence-electron chi connectivity index (χ0n) is 12.8. The van der Waals surface area contributed by atoms with E-state index in [9.17, 15) is 0 Å². The highest BCUT2D eigenvalue weighted by Crippen LogP contribution is 2.30. The Hall–Kier alpha value is -0.0800. The third-order valence-corrected chi connectivity index (χ3v) is 5.55. The predicted octanol–water partition coefficient (Wildman–Crippen LogP) is 3.13. The number of nitrogens with one attached hydrogen (secondary N) is 1. The summed E-state index contributed by atoms with van der Waals surface area (Å²) >= 11 is 0. The van der Waals surface area contributed by atoms with E-state index in [1.807, 2.05) is 0 Å². The van der Waals surface area contributed by atoms with Crippen LogP contribution < -0.4 is 5.32 Å². The van der Waals surface area contributed by atoms with Gasteiger partial charge in [-0.15, -0.1) is 0 Å². The minimum absolute atomic E-state index is 0.686. The lowest BCUT2D eigenvalue weighted by Gasteiger charge is -2.40. The standard InChI is InChI=1S/C16H32N2/c1-12-7-5-9-16(13(12)2)17-14(3)15-8-6-10-18(4)11-15/h12-17H,5-11H2,1-4H3. The fraction of sp³-hybridized carbons (Fsp3) is 1.00. The quantitative estimate of drug-likeness (QED) is 0.830. The molecule has 0 aromatic carbocycles. The Morgan fingerprint density at radius 1 is 1.11 bits per heavy atom. The number of hydrogen-bond acceptors (Lipinski definition) is 2. The molecule has 18 heavy (non-hydrogen) atoms. The average Bonchev–Trinajstić information content (AvgIpc) is 2.35. The van der Waals surface area contributed by atoms with Crippen LogP contribution in [0.4, 0.5) is 0 Å². The molecule has 1 aliphatic carbocycles. The van der Waals surface area contributed by atoms with E-state index >= 15 is 0 Å². The molecule has 0 amide bonds. The molecular weight excluding hydrogens is 220 g/mol. The van der Waals surface area contributed by atoms with Gasteiger partial charge in [-0.2, -0.15) is 0 Å². The summed E-state index contributed by atoms with van der Waals surface area (Å²) in [4.78, 5) is 2.50. The maximum atomic E-state index is 3.96. The summed E-state index contributed by atoms with van der Waals surface area (Å²) in [5.41, 5.74) is 0. The molecular formula is C16H32N2. The summed E-state index contributed by atoms with van der Waals surface area (Å²) < 4.78 is 0. The Bertz CT molecular complexity index is 253. The summed E-state index contributed by atoms with van der Waals surface area (Å²) in [7, 11) is 2.27. The maximum absolute atomic E-state index is 3.96. The van der Waals surface area contributed by atoms with Gasteiger partial charge in [0.15, 0.2) is 0 Å². The van der Waals surface area contributed by atoms with E-state index in [4.69, 9.17) is 0 Å². The molecule has 1 aliphatic heterocycles. The molecule has 0 radical (unpaired) electrons. The van der Waals surface area contributed by atoms with E-state index in [0.717, 1.165) is 23.8 Å². The van der Waals surface area contributed by atoms with Gasteiger partial charge in [0.2, 0.25) is 0 Å². The van der Waals surface area contributed by atoms with Crippen LogP contribution in [0.5, 0.6) is 0 Å². The largest absolute Gasteiger partial charge is 0.311 e. The van der Waals surface area contributed by atoms with Crippen molar-refractivity contribution < 1.29 is 0 Å². The number of likely N-dealkylation sites (tertiary alicyclic amines) is 1. The molecule has 1 saturated heterocycles. The topological polar surface area (TPSA) is 15.3 Å². The molecule has 0 aromatic heterocycles. The highest BCUT2D eigenvalue weighted by atomic mass is 15.1. The molecule has 5 atom stereocenters. The van der Waals surface area contributed by atoms with Crippen LogP contribution in [0.3, 0.4) is 0 Å². The molecule has 2 aliphatic rings. The minimum Gasteiger partial charge on any atom is -0.311 e. The van der Waals surface area contributed by atoms with E-state index in [2.05, 4.69) is 38.0 Å². The van der Waals surface area contributed by atoms with Gasteiger partial charge in [-0.1, -0.05) is 26.7 Å². The van der Waals surface area contributed by atoms with Crippen molar-refractivity contribution in [2.24, 2.45) is 17.8 Å². The van der Waals surface area contributed by atoms with Crippen molar-refractivity contribution in [2.75, 3.05) is 20.1 Å². The molecule has 2 heteroatoms. The van der Waals surface area contributed by atoms with Crippen LogP contribution in [0, 0.1) is 17.8 Å². The highest BCUT2D eigenvalue weighted by molar-refractivity contribution is 4.87. The number of piperidine rings is 1. The molecule has 2 fully saturated rings. The maximum Gasteiger partial charge on any atom is 0.00978 e. The molecule has 2 rings (SSSR count).